The van der Waals surface area contributed by atoms with Gasteiger partial charge in [0, 0.05) is 13.1 Å². The number of sulfonamides is 1. The first-order valence-corrected chi connectivity index (χ1v) is 7.55. The van der Waals surface area contributed by atoms with E-state index in [1.807, 2.05) is 6.92 Å². The lowest BCUT2D eigenvalue weighted by atomic mass is 9.86. The van der Waals surface area contributed by atoms with E-state index in [2.05, 4.69) is 6.92 Å². The minimum atomic E-state index is -3.01. The molecular weight excluding hydrogens is 210 g/mol. The molecule has 0 amide bonds. The zero-order chi connectivity index (χ0) is 11.5. The van der Waals surface area contributed by atoms with E-state index in [0.29, 0.717) is 12.3 Å². The quantitative estimate of drug-likeness (QED) is 0.747. The van der Waals surface area contributed by atoms with E-state index < -0.39 is 10.0 Å². The highest BCUT2D eigenvalue weighted by atomic mass is 32.2. The Balaban J connectivity index is 2.69. The molecule has 2 unspecified atom stereocenters. The van der Waals surface area contributed by atoms with Crippen LogP contribution in [0.3, 0.4) is 0 Å². The van der Waals surface area contributed by atoms with Crippen LogP contribution in [0.4, 0.5) is 0 Å². The van der Waals surface area contributed by atoms with Crippen molar-refractivity contribution in [1.29, 1.82) is 0 Å². The summed E-state index contributed by atoms with van der Waals surface area (Å²) in [5.41, 5.74) is 0. The van der Waals surface area contributed by atoms with Crippen LogP contribution >= 0.6 is 0 Å². The molecule has 15 heavy (non-hydrogen) atoms. The minimum Gasteiger partial charge on any atom is -0.212 e. The van der Waals surface area contributed by atoms with Crippen molar-refractivity contribution >= 4 is 10.0 Å². The van der Waals surface area contributed by atoms with Gasteiger partial charge >= 0.3 is 0 Å². The fraction of sp³-hybridized carbons (Fsp3) is 1.00. The van der Waals surface area contributed by atoms with Gasteiger partial charge in [-0.25, -0.2) is 12.7 Å². The predicted octanol–water partition coefficient (Wildman–Crippen LogP) is 2.24. The van der Waals surface area contributed by atoms with Gasteiger partial charge in [0.15, 0.2) is 0 Å². The normalized spacial score (nSPS) is 28.3. The Morgan fingerprint density at radius 3 is 2.40 bits per heavy atom. The molecule has 0 aromatic heterocycles. The standard InChI is InChI=1S/C11H23NO2S/c1-4-9-15(13,14)12(3)11-8-6-5-7-10(11)2/h10-11H,4-9H2,1-3H3. The molecule has 2 atom stereocenters. The zero-order valence-corrected chi connectivity index (χ0v) is 10.9. The first-order valence-electron chi connectivity index (χ1n) is 5.94. The summed E-state index contributed by atoms with van der Waals surface area (Å²) in [6, 6.07) is 0.232. The number of rotatable bonds is 4. The van der Waals surface area contributed by atoms with E-state index in [-0.39, 0.29) is 11.8 Å². The molecule has 1 rings (SSSR count). The van der Waals surface area contributed by atoms with E-state index in [4.69, 9.17) is 0 Å². The van der Waals surface area contributed by atoms with Crippen LogP contribution in [0.15, 0.2) is 0 Å². The summed E-state index contributed by atoms with van der Waals surface area (Å²) < 4.78 is 25.4. The second kappa shape index (κ2) is 5.30. The Morgan fingerprint density at radius 2 is 1.87 bits per heavy atom. The highest BCUT2D eigenvalue weighted by Gasteiger charge is 2.31. The third-order valence-corrected chi connectivity index (χ3v) is 5.51. The van der Waals surface area contributed by atoms with Crippen LogP contribution in [-0.4, -0.2) is 31.6 Å². The maximum absolute atomic E-state index is 11.9. The average Bonchev–Trinajstić information content (AvgIpc) is 2.17. The smallest absolute Gasteiger partial charge is 0.212 e. The van der Waals surface area contributed by atoms with Crippen LogP contribution in [0.2, 0.25) is 0 Å². The Hall–Kier alpha value is -0.0900. The van der Waals surface area contributed by atoms with E-state index in [9.17, 15) is 8.42 Å². The second-order valence-corrected chi connectivity index (χ2v) is 6.81. The molecule has 0 saturated heterocycles. The molecule has 1 aliphatic rings. The molecule has 90 valence electrons. The summed E-state index contributed by atoms with van der Waals surface area (Å²) in [5.74, 6) is 0.794. The summed E-state index contributed by atoms with van der Waals surface area (Å²) in [4.78, 5) is 0. The maximum Gasteiger partial charge on any atom is 0.214 e. The summed E-state index contributed by atoms with van der Waals surface area (Å²) >= 11 is 0. The minimum absolute atomic E-state index is 0.232. The van der Waals surface area contributed by atoms with Gasteiger partial charge in [0.1, 0.15) is 0 Å². The van der Waals surface area contributed by atoms with Gasteiger partial charge in [-0.05, 0) is 25.2 Å². The van der Waals surface area contributed by atoms with Crippen molar-refractivity contribution in [3.8, 4) is 0 Å². The topological polar surface area (TPSA) is 37.4 Å². The van der Waals surface area contributed by atoms with Crippen molar-refractivity contribution < 1.29 is 8.42 Å². The summed E-state index contributed by atoms with van der Waals surface area (Å²) in [6.45, 7) is 4.08. The number of nitrogens with zero attached hydrogens (tertiary/aromatic N) is 1. The van der Waals surface area contributed by atoms with Gasteiger partial charge in [0.05, 0.1) is 5.75 Å². The molecule has 1 fully saturated rings. The maximum atomic E-state index is 11.9. The van der Waals surface area contributed by atoms with Gasteiger partial charge in [0.2, 0.25) is 10.0 Å². The molecule has 0 spiro atoms. The van der Waals surface area contributed by atoms with Crippen LogP contribution in [0.5, 0.6) is 0 Å². The van der Waals surface area contributed by atoms with Gasteiger partial charge in [-0.2, -0.15) is 0 Å². The fourth-order valence-electron chi connectivity index (χ4n) is 2.45. The van der Waals surface area contributed by atoms with Crippen LogP contribution in [-0.2, 0) is 10.0 Å². The molecule has 0 radical (unpaired) electrons. The summed E-state index contributed by atoms with van der Waals surface area (Å²) in [7, 11) is -1.26. The van der Waals surface area contributed by atoms with Gasteiger partial charge in [0.25, 0.3) is 0 Å². The van der Waals surface area contributed by atoms with Gasteiger partial charge in [-0.15, -0.1) is 0 Å². The van der Waals surface area contributed by atoms with Crippen molar-refractivity contribution in [2.75, 3.05) is 12.8 Å². The molecule has 0 N–H and O–H groups in total. The molecule has 0 aromatic rings. The fourth-order valence-corrected chi connectivity index (χ4v) is 3.97. The van der Waals surface area contributed by atoms with E-state index >= 15 is 0 Å². The Kier molecular flexibility index (Phi) is 4.59. The Bertz CT molecular complexity index is 287. The third-order valence-electron chi connectivity index (χ3n) is 3.43. The molecule has 1 saturated carbocycles. The summed E-state index contributed by atoms with van der Waals surface area (Å²) in [6.07, 6.45) is 5.31. The van der Waals surface area contributed by atoms with Crippen LogP contribution < -0.4 is 0 Å². The molecule has 4 heteroatoms. The largest absolute Gasteiger partial charge is 0.214 e. The van der Waals surface area contributed by atoms with Gasteiger partial charge in [-0.3, -0.25) is 0 Å². The van der Waals surface area contributed by atoms with Crippen LogP contribution in [0, 0.1) is 5.92 Å². The molecule has 0 aliphatic heterocycles. The summed E-state index contributed by atoms with van der Waals surface area (Å²) in [5, 5.41) is 0. The van der Waals surface area contributed by atoms with Gasteiger partial charge < -0.3 is 0 Å². The molecule has 0 bridgehead atoms. The highest BCUT2D eigenvalue weighted by Crippen LogP contribution is 2.28. The molecule has 0 heterocycles. The highest BCUT2D eigenvalue weighted by molar-refractivity contribution is 7.89. The second-order valence-electron chi connectivity index (χ2n) is 4.66. The Morgan fingerprint density at radius 1 is 1.27 bits per heavy atom. The monoisotopic (exact) mass is 233 g/mol. The SMILES string of the molecule is CCCS(=O)(=O)N(C)C1CCCCC1C. The van der Waals surface area contributed by atoms with Crippen LogP contribution in [0.1, 0.15) is 46.0 Å². The van der Waals surface area contributed by atoms with Crippen molar-refractivity contribution in [2.45, 2.75) is 52.0 Å². The molecule has 3 nitrogen and oxygen atoms in total. The Labute approximate surface area is 93.9 Å². The number of hydrogen-bond donors (Lipinski definition) is 0. The molecule has 0 aromatic carbocycles. The first-order chi connectivity index (χ1) is 6.99. The predicted molar refractivity (Wildman–Crippen MR) is 63.3 cm³/mol. The van der Waals surface area contributed by atoms with Crippen molar-refractivity contribution in [2.24, 2.45) is 5.92 Å². The van der Waals surface area contributed by atoms with Crippen molar-refractivity contribution in [3.63, 3.8) is 0 Å². The lowest BCUT2D eigenvalue weighted by Gasteiger charge is -2.35. The molecule has 1 aliphatic carbocycles. The number of hydrogen-bond acceptors (Lipinski definition) is 2. The third kappa shape index (κ3) is 3.18. The lowest BCUT2D eigenvalue weighted by Crippen LogP contribution is -2.43. The van der Waals surface area contributed by atoms with Gasteiger partial charge in [-0.1, -0.05) is 26.7 Å². The van der Waals surface area contributed by atoms with Crippen LogP contribution in [0.25, 0.3) is 0 Å². The van der Waals surface area contributed by atoms with Crippen molar-refractivity contribution in [1.82, 2.24) is 4.31 Å². The van der Waals surface area contributed by atoms with E-state index in [0.717, 1.165) is 12.8 Å². The zero-order valence-electron chi connectivity index (χ0n) is 10.1. The van der Waals surface area contributed by atoms with Crippen molar-refractivity contribution in [3.05, 3.63) is 0 Å². The first kappa shape index (κ1) is 13.0. The lowest BCUT2D eigenvalue weighted by molar-refractivity contribution is 0.213. The van der Waals surface area contributed by atoms with E-state index in [1.165, 1.54) is 12.8 Å². The molecular formula is C11H23NO2S. The van der Waals surface area contributed by atoms with E-state index in [1.54, 1.807) is 11.4 Å². The average molecular weight is 233 g/mol.